The van der Waals surface area contributed by atoms with Crippen molar-refractivity contribution in [2.45, 2.75) is 91.2 Å². The van der Waals surface area contributed by atoms with Crippen molar-refractivity contribution in [1.82, 2.24) is 0 Å². The second-order valence-electron chi connectivity index (χ2n) is 5.19. The van der Waals surface area contributed by atoms with Crippen molar-refractivity contribution >= 4 is 6.92 Å². The minimum Gasteiger partial charge on any atom is -0.436 e. The fourth-order valence-corrected chi connectivity index (χ4v) is 2.19. The molecule has 0 rings (SSSR count). The number of hydrogen-bond acceptors (Lipinski definition) is 1. The Bertz CT molecular complexity index is 127. The first-order valence-corrected chi connectivity index (χ1v) is 7.96. The molecular weight excluding hydrogens is 207 g/mol. The van der Waals surface area contributed by atoms with Crippen molar-refractivity contribution in [3.05, 3.63) is 0 Å². The van der Waals surface area contributed by atoms with Crippen LogP contribution in [0.15, 0.2) is 0 Å². The van der Waals surface area contributed by atoms with Crippen molar-refractivity contribution in [2.24, 2.45) is 0 Å². The highest BCUT2D eigenvalue weighted by atomic mass is 16.4. The number of unbranched alkanes of at least 4 members (excludes halogenated alkanes) is 6. The molecule has 0 amide bonds. The second kappa shape index (κ2) is 14.1. The third kappa shape index (κ3) is 12.3. The first kappa shape index (κ1) is 17.0. The molecule has 0 atom stereocenters. The van der Waals surface area contributed by atoms with E-state index in [2.05, 4.69) is 20.8 Å². The fraction of sp³-hybridized carbons (Fsp3) is 1.00. The van der Waals surface area contributed by atoms with E-state index in [4.69, 9.17) is 4.65 Å². The maximum absolute atomic E-state index is 5.95. The molecule has 0 bridgehead atoms. The van der Waals surface area contributed by atoms with E-state index < -0.39 is 0 Å². The lowest BCUT2D eigenvalue weighted by Crippen LogP contribution is -2.18. The van der Waals surface area contributed by atoms with E-state index in [-0.39, 0.29) is 0 Å². The molecule has 0 radical (unpaired) electrons. The summed E-state index contributed by atoms with van der Waals surface area (Å²) in [5.41, 5.74) is 0. The monoisotopic (exact) mass is 240 g/mol. The summed E-state index contributed by atoms with van der Waals surface area (Å²) in [4.78, 5) is 0. The van der Waals surface area contributed by atoms with E-state index in [1.165, 1.54) is 64.0 Å². The van der Waals surface area contributed by atoms with E-state index in [1.54, 1.807) is 0 Å². The Hall–Kier alpha value is 0.0249. The molecule has 2 heteroatoms. The first-order valence-electron chi connectivity index (χ1n) is 7.96. The van der Waals surface area contributed by atoms with E-state index >= 15 is 0 Å². The van der Waals surface area contributed by atoms with Crippen LogP contribution in [0.25, 0.3) is 0 Å². The van der Waals surface area contributed by atoms with Gasteiger partial charge in [0.05, 0.1) is 0 Å². The average molecular weight is 240 g/mol. The minimum absolute atomic E-state index is 0.545. The Balaban J connectivity index is 3.56. The van der Waals surface area contributed by atoms with Gasteiger partial charge in [-0.15, -0.1) is 0 Å². The molecule has 0 aliphatic heterocycles. The summed E-state index contributed by atoms with van der Waals surface area (Å²) in [5, 5.41) is 0. The maximum atomic E-state index is 5.95. The summed E-state index contributed by atoms with van der Waals surface area (Å²) in [5.74, 6) is 0. The van der Waals surface area contributed by atoms with Crippen LogP contribution < -0.4 is 0 Å². The van der Waals surface area contributed by atoms with Crippen LogP contribution >= 0.6 is 0 Å². The molecule has 17 heavy (non-hydrogen) atoms. The van der Waals surface area contributed by atoms with E-state index in [9.17, 15) is 0 Å². The van der Waals surface area contributed by atoms with Crippen LogP contribution in [0, 0.1) is 0 Å². The molecule has 0 aliphatic carbocycles. The van der Waals surface area contributed by atoms with Gasteiger partial charge in [-0.1, -0.05) is 72.1 Å². The summed E-state index contributed by atoms with van der Waals surface area (Å²) in [7, 11) is 0. The first-order chi connectivity index (χ1) is 8.35. The highest BCUT2D eigenvalue weighted by Crippen LogP contribution is 2.14. The van der Waals surface area contributed by atoms with Gasteiger partial charge in [0.1, 0.15) is 0 Å². The van der Waals surface area contributed by atoms with Gasteiger partial charge in [0.15, 0.2) is 0 Å². The molecule has 0 saturated heterocycles. The highest BCUT2D eigenvalue weighted by Gasteiger charge is 2.14. The Kier molecular flexibility index (Phi) is 14.1. The molecule has 0 aliphatic rings. The van der Waals surface area contributed by atoms with Gasteiger partial charge >= 0.3 is 0 Å². The predicted molar refractivity (Wildman–Crippen MR) is 79.9 cm³/mol. The molecule has 102 valence electrons. The lowest BCUT2D eigenvalue weighted by Gasteiger charge is -2.13. The Morgan fingerprint density at radius 2 is 1.18 bits per heavy atom. The Morgan fingerprint density at radius 3 is 1.59 bits per heavy atom. The molecule has 1 nitrogen and oxygen atoms in total. The van der Waals surface area contributed by atoms with Gasteiger partial charge in [0.2, 0.25) is 0 Å². The van der Waals surface area contributed by atoms with Gasteiger partial charge < -0.3 is 4.65 Å². The minimum atomic E-state index is 0.545. The zero-order valence-corrected chi connectivity index (χ0v) is 12.5. The predicted octanol–water partition coefficient (Wildman–Crippen LogP) is 5.57. The van der Waals surface area contributed by atoms with E-state index in [1.807, 2.05) is 0 Å². The van der Waals surface area contributed by atoms with Crippen LogP contribution in [0.1, 0.15) is 78.6 Å². The van der Waals surface area contributed by atoms with Gasteiger partial charge in [-0.05, 0) is 19.1 Å². The van der Waals surface area contributed by atoms with Crippen molar-refractivity contribution in [3.63, 3.8) is 0 Å². The van der Waals surface area contributed by atoms with Crippen LogP contribution in [-0.4, -0.2) is 13.5 Å². The largest absolute Gasteiger partial charge is 0.436 e. The zero-order chi connectivity index (χ0) is 12.8. The topological polar surface area (TPSA) is 9.23 Å². The van der Waals surface area contributed by atoms with E-state index in [0.29, 0.717) is 6.92 Å². The molecule has 0 N–H and O–H groups in total. The summed E-state index contributed by atoms with van der Waals surface area (Å²) in [6.45, 7) is 8.24. The van der Waals surface area contributed by atoms with Gasteiger partial charge in [0, 0.05) is 6.61 Å². The standard InChI is InChI=1S/C15H33BO/c1-4-7-9-11-13-16(17-15-6-3)14-12-10-8-5-2/h4-15H2,1-3H3. The number of hydrogen-bond donors (Lipinski definition) is 0. The Labute approximate surface area is 110 Å². The maximum Gasteiger partial charge on any atom is 0.293 e. The SMILES string of the molecule is CCCCCCB(CCCCCC)OCCC. The smallest absolute Gasteiger partial charge is 0.293 e. The second-order valence-corrected chi connectivity index (χ2v) is 5.19. The molecule has 0 aromatic heterocycles. The molecule has 0 fully saturated rings. The molecule has 0 saturated carbocycles. The normalized spacial score (nSPS) is 10.8. The molecule has 0 aromatic rings. The lowest BCUT2D eigenvalue weighted by molar-refractivity contribution is 0.315. The summed E-state index contributed by atoms with van der Waals surface area (Å²) < 4.78 is 5.95. The molecular formula is C15H33BO. The van der Waals surface area contributed by atoms with Crippen LogP contribution in [-0.2, 0) is 4.65 Å². The molecule has 0 aromatic carbocycles. The summed E-state index contributed by atoms with van der Waals surface area (Å²) >= 11 is 0. The van der Waals surface area contributed by atoms with Crippen LogP contribution in [0.3, 0.4) is 0 Å². The van der Waals surface area contributed by atoms with Gasteiger partial charge in [-0.2, -0.15) is 0 Å². The third-order valence-corrected chi connectivity index (χ3v) is 3.32. The van der Waals surface area contributed by atoms with E-state index in [0.717, 1.165) is 13.0 Å². The molecule has 0 unspecified atom stereocenters. The molecule has 0 heterocycles. The third-order valence-electron chi connectivity index (χ3n) is 3.32. The zero-order valence-electron chi connectivity index (χ0n) is 12.5. The van der Waals surface area contributed by atoms with Gasteiger partial charge in [-0.25, -0.2) is 0 Å². The fourth-order valence-electron chi connectivity index (χ4n) is 2.19. The average Bonchev–Trinajstić information content (AvgIpc) is 2.35. The Morgan fingerprint density at radius 1 is 0.647 bits per heavy atom. The van der Waals surface area contributed by atoms with Crippen LogP contribution in [0.4, 0.5) is 0 Å². The van der Waals surface area contributed by atoms with Crippen LogP contribution in [0.2, 0.25) is 12.6 Å². The summed E-state index contributed by atoms with van der Waals surface area (Å²) in [6.07, 6.45) is 14.6. The van der Waals surface area contributed by atoms with Crippen molar-refractivity contribution in [1.29, 1.82) is 0 Å². The lowest BCUT2D eigenvalue weighted by atomic mass is 9.59. The van der Waals surface area contributed by atoms with Crippen molar-refractivity contribution in [3.8, 4) is 0 Å². The summed E-state index contributed by atoms with van der Waals surface area (Å²) in [6, 6.07) is 0. The molecule has 0 spiro atoms. The van der Waals surface area contributed by atoms with Gasteiger partial charge in [-0.3, -0.25) is 0 Å². The quantitative estimate of drug-likeness (QED) is 0.302. The number of rotatable bonds is 13. The van der Waals surface area contributed by atoms with Crippen LogP contribution in [0.5, 0.6) is 0 Å². The van der Waals surface area contributed by atoms with Crippen molar-refractivity contribution in [2.75, 3.05) is 6.61 Å². The van der Waals surface area contributed by atoms with Crippen molar-refractivity contribution < 1.29 is 4.65 Å². The highest BCUT2D eigenvalue weighted by molar-refractivity contribution is 6.51. The van der Waals surface area contributed by atoms with Gasteiger partial charge in [0.25, 0.3) is 6.92 Å².